The maximum atomic E-state index is 11.9. The third-order valence-electron chi connectivity index (χ3n) is 3.13. The Morgan fingerprint density at radius 1 is 1.47 bits per heavy atom. The molecule has 1 fully saturated rings. The number of nitrogens with zero attached hydrogens (tertiary/aromatic N) is 3. The Morgan fingerprint density at radius 3 is 3.16 bits per heavy atom. The van der Waals surface area contributed by atoms with Crippen LogP contribution >= 0.6 is 11.8 Å². The van der Waals surface area contributed by atoms with Gasteiger partial charge in [0.15, 0.2) is 0 Å². The van der Waals surface area contributed by atoms with Crippen molar-refractivity contribution in [1.29, 1.82) is 0 Å². The topological polar surface area (TPSA) is 51.3 Å². The molecule has 5 nitrogen and oxygen atoms in total. The largest absolute Gasteiger partial charge is 0.466 e. The lowest BCUT2D eigenvalue weighted by Gasteiger charge is -2.22. The van der Waals surface area contributed by atoms with Crippen LogP contribution in [0.5, 0.6) is 0 Å². The van der Waals surface area contributed by atoms with Gasteiger partial charge in [-0.05, 0) is 18.6 Å². The normalized spacial score (nSPS) is 19.3. The second-order valence-corrected chi connectivity index (χ2v) is 5.49. The predicted octanol–water partition coefficient (Wildman–Crippen LogP) is 2.14. The van der Waals surface area contributed by atoms with Crippen LogP contribution in [0.2, 0.25) is 0 Å². The van der Waals surface area contributed by atoms with Crippen LogP contribution in [0.25, 0.3) is 0 Å². The lowest BCUT2D eigenvalue weighted by Crippen LogP contribution is -2.29. The van der Waals surface area contributed by atoms with E-state index in [0.29, 0.717) is 5.75 Å². The maximum absolute atomic E-state index is 11.9. The van der Waals surface area contributed by atoms with E-state index >= 15 is 0 Å². The second kappa shape index (κ2) is 5.52. The fourth-order valence-electron chi connectivity index (χ4n) is 2.21. The van der Waals surface area contributed by atoms with Crippen molar-refractivity contribution in [3.63, 3.8) is 0 Å². The van der Waals surface area contributed by atoms with Crippen molar-refractivity contribution in [1.82, 2.24) is 14.5 Å². The van der Waals surface area contributed by atoms with E-state index in [2.05, 4.69) is 4.98 Å². The number of hydrogen-bond acceptors (Lipinski definition) is 4. The summed E-state index contributed by atoms with van der Waals surface area (Å²) in [6, 6.07) is 3.79. The van der Waals surface area contributed by atoms with Gasteiger partial charge >= 0.3 is 0 Å². The highest BCUT2D eigenvalue weighted by Crippen LogP contribution is 2.38. The first-order valence-corrected chi connectivity index (χ1v) is 7.30. The van der Waals surface area contributed by atoms with Gasteiger partial charge in [0.25, 0.3) is 0 Å². The molecule has 1 atom stereocenters. The number of rotatable bonds is 5. The fraction of sp³-hybridized carbons (Fsp3) is 0.385. The molecule has 1 unspecified atom stereocenters. The lowest BCUT2D eigenvalue weighted by molar-refractivity contribution is -0.128. The first kappa shape index (κ1) is 12.3. The smallest absolute Gasteiger partial charge is 0.233 e. The van der Waals surface area contributed by atoms with Crippen LogP contribution in [0.3, 0.4) is 0 Å². The summed E-state index contributed by atoms with van der Waals surface area (Å²) in [7, 11) is 0. The number of amides is 1. The highest BCUT2D eigenvalue weighted by molar-refractivity contribution is 8.00. The van der Waals surface area contributed by atoms with Gasteiger partial charge in [-0.15, -0.1) is 11.8 Å². The minimum Gasteiger partial charge on any atom is -0.466 e. The van der Waals surface area contributed by atoms with Crippen LogP contribution in [0.15, 0.2) is 41.5 Å². The summed E-state index contributed by atoms with van der Waals surface area (Å²) in [5.74, 6) is 1.59. The molecule has 3 rings (SSSR count). The van der Waals surface area contributed by atoms with Crippen LogP contribution < -0.4 is 0 Å². The fourth-order valence-corrected chi connectivity index (χ4v) is 3.37. The summed E-state index contributed by atoms with van der Waals surface area (Å²) < 4.78 is 7.44. The van der Waals surface area contributed by atoms with Gasteiger partial charge in [0, 0.05) is 25.5 Å². The highest BCUT2D eigenvalue weighted by Gasteiger charge is 2.33. The third kappa shape index (κ3) is 2.68. The molecule has 0 N–H and O–H groups in total. The van der Waals surface area contributed by atoms with Gasteiger partial charge < -0.3 is 13.9 Å². The van der Waals surface area contributed by atoms with Crippen molar-refractivity contribution in [2.45, 2.75) is 18.3 Å². The van der Waals surface area contributed by atoms with E-state index in [-0.39, 0.29) is 11.3 Å². The Hall–Kier alpha value is -1.69. The third-order valence-corrected chi connectivity index (χ3v) is 4.35. The van der Waals surface area contributed by atoms with Crippen molar-refractivity contribution in [2.75, 3.05) is 12.3 Å². The van der Waals surface area contributed by atoms with Crippen LogP contribution in [-0.2, 0) is 11.3 Å². The Labute approximate surface area is 115 Å². The highest BCUT2D eigenvalue weighted by atomic mass is 32.2. The van der Waals surface area contributed by atoms with Gasteiger partial charge in [0.2, 0.25) is 5.91 Å². The SMILES string of the molecule is O=C1CSC(c2ccco2)N1CCCn1ccnc1. The zero-order valence-electron chi connectivity index (χ0n) is 10.4. The van der Waals surface area contributed by atoms with Crippen LogP contribution in [-0.4, -0.2) is 32.7 Å². The quantitative estimate of drug-likeness (QED) is 0.840. The molecule has 2 aromatic heterocycles. The van der Waals surface area contributed by atoms with Crippen molar-refractivity contribution in [2.24, 2.45) is 0 Å². The molecule has 0 aromatic carbocycles. The maximum Gasteiger partial charge on any atom is 0.233 e. The number of carbonyl (C=O) groups is 1. The standard InChI is InChI=1S/C13H15N3O2S/c17-12-9-19-13(11-3-1-8-18-11)16(12)6-2-5-15-7-4-14-10-15/h1,3-4,7-8,10,13H,2,5-6,9H2. The molecule has 0 bridgehead atoms. The van der Waals surface area contributed by atoms with E-state index in [0.717, 1.165) is 25.3 Å². The first-order valence-electron chi connectivity index (χ1n) is 6.25. The van der Waals surface area contributed by atoms with Crippen molar-refractivity contribution in [3.8, 4) is 0 Å². The predicted molar refractivity (Wildman–Crippen MR) is 72.5 cm³/mol. The molecule has 1 aliphatic heterocycles. The molecule has 1 saturated heterocycles. The zero-order valence-corrected chi connectivity index (χ0v) is 11.3. The number of aromatic nitrogens is 2. The van der Waals surface area contributed by atoms with E-state index in [1.165, 1.54) is 0 Å². The lowest BCUT2D eigenvalue weighted by atomic mass is 10.3. The van der Waals surface area contributed by atoms with E-state index in [9.17, 15) is 4.79 Å². The molecular weight excluding hydrogens is 262 g/mol. The molecule has 19 heavy (non-hydrogen) atoms. The van der Waals surface area contributed by atoms with Crippen molar-refractivity contribution in [3.05, 3.63) is 42.9 Å². The zero-order chi connectivity index (χ0) is 13.1. The number of thioether (sulfide) groups is 1. The summed E-state index contributed by atoms with van der Waals surface area (Å²) in [6.45, 7) is 1.62. The number of aryl methyl sites for hydroxylation is 1. The minimum atomic E-state index is 0.0327. The first-order chi connectivity index (χ1) is 9.34. The summed E-state index contributed by atoms with van der Waals surface area (Å²) in [5, 5.41) is 0.0327. The molecule has 0 saturated carbocycles. The van der Waals surface area contributed by atoms with E-state index in [1.807, 2.05) is 27.8 Å². The van der Waals surface area contributed by atoms with Crippen molar-refractivity contribution < 1.29 is 9.21 Å². The molecule has 0 spiro atoms. The minimum absolute atomic E-state index is 0.0327. The van der Waals surface area contributed by atoms with E-state index in [1.54, 1.807) is 30.5 Å². The molecule has 0 aliphatic carbocycles. The molecule has 1 amide bonds. The summed E-state index contributed by atoms with van der Waals surface area (Å²) in [5.41, 5.74) is 0. The summed E-state index contributed by atoms with van der Waals surface area (Å²) >= 11 is 1.63. The molecular formula is C13H15N3O2S. The summed E-state index contributed by atoms with van der Waals surface area (Å²) in [4.78, 5) is 17.8. The molecule has 3 heterocycles. The van der Waals surface area contributed by atoms with E-state index in [4.69, 9.17) is 4.42 Å². The number of hydrogen-bond donors (Lipinski definition) is 0. The van der Waals surface area contributed by atoms with Gasteiger partial charge in [0.1, 0.15) is 11.1 Å². The summed E-state index contributed by atoms with van der Waals surface area (Å²) in [6.07, 6.45) is 8.07. The van der Waals surface area contributed by atoms with Crippen LogP contribution in [0.4, 0.5) is 0 Å². The molecule has 6 heteroatoms. The molecule has 100 valence electrons. The van der Waals surface area contributed by atoms with Gasteiger partial charge in [-0.1, -0.05) is 0 Å². The Bertz CT molecular complexity index is 524. The van der Waals surface area contributed by atoms with E-state index < -0.39 is 0 Å². The van der Waals surface area contributed by atoms with Gasteiger partial charge in [-0.25, -0.2) is 4.98 Å². The Kier molecular flexibility index (Phi) is 3.59. The number of carbonyl (C=O) groups excluding carboxylic acids is 1. The average Bonchev–Trinajstić information content (AvgIpc) is 3.12. The molecule has 0 radical (unpaired) electrons. The van der Waals surface area contributed by atoms with Crippen molar-refractivity contribution >= 4 is 17.7 Å². The van der Waals surface area contributed by atoms with Crippen LogP contribution in [0.1, 0.15) is 17.6 Å². The number of imidazole rings is 1. The van der Waals surface area contributed by atoms with Gasteiger partial charge in [-0.3, -0.25) is 4.79 Å². The van der Waals surface area contributed by atoms with Gasteiger partial charge in [-0.2, -0.15) is 0 Å². The Morgan fingerprint density at radius 2 is 2.42 bits per heavy atom. The molecule has 1 aliphatic rings. The average molecular weight is 277 g/mol. The number of furan rings is 1. The molecule has 2 aromatic rings. The van der Waals surface area contributed by atoms with Crippen LogP contribution in [0, 0.1) is 0 Å². The Balaban J connectivity index is 1.59. The van der Waals surface area contributed by atoms with Gasteiger partial charge in [0.05, 0.1) is 18.3 Å². The monoisotopic (exact) mass is 277 g/mol. The second-order valence-electron chi connectivity index (χ2n) is 4.42.